The van der Waals surface area contributed by atoms with Crippen LogP contribution < -0.4 is 0 Å². The van der Waals surface area contributed by atoms with Gasteiger partial charge in [0.15, 0.2) is 0 Å². The molecule has 2 rings (SSSR count). The molecule has 0 spiro atoms. The SMILES string of the molecule is CN1CCC(c2ccccc2)=C[C@H]1C#N. The van der Waals surface area contributed by atoms with Gasteiger partial charge >= 0.3 is 0 Å². The Labute approximate surface area is 90.4 Å². The first-order valence-corrected chi connectivity index (χ1v) is 5.17. The van der Waals surface area contributed by atoms with Crippen molar-refractivity contribution in [3.63, 3.8) is 0 Å². The Balaban J connectivity index is 2.29. The maximum Gasteiger partial charge on any atom is 0.117 e. The highest BCUT2D eigenvalue weighted by Gasteiger charge is 2.18. The third-order valence-electron chi connectivity index (χ3n) is 2.84. The zero-order valence-corrected chi connectivity index (χ0v) is 8.85. The van der Waals surface area contributed by atoms with Gasteiger partial charge < -0.3 is 0 Å². The van der Waals surface area contributed by atoms with E-state index in [1.807, 2.05) is 25.2 Å². The molecular formula is C13H14N2. The molecule has 0 amide bonds. The molecule has 15 heavy (non-hydrogen) atoms. The van der Waals surface area contributed by atoms with Crippen LogP contribution in [-0.2, 0) is 0 Å². The standard InChI is InChI=1S/C13H14N2/c1-15-8-7-12(9-13(15)10-14)11-5-3-2-4-6-11/h2-6,9,13H,7-8H2,1H3/t13-/m0/s1. The number of likely N-dealkylation sites (N-methyl/N-ethyl adjacent to an activating group) is 1. The van der Waals surface area contributed by atoms with Crippen LogP contribution in [-0.4, -0.2) is 24.5 Å². The van der Waals surface area contributed by atoms with Gasteiger partial charge in [0.05, 0.1) is 6.07 Å². The second-order valence-corrected chi connectivity index (χ2v) is 3.86. The summed E-state index contributed by atoms with van der Waals surface area (Å²) < 4.78 is 0. The summed E-state index contributed by atoms with van der Waals surface area (Å²) in [5, 5.41) is 8.99. The van der Waals surface area contributed by atoms with Crippen molar-refractivity contribution in [1.29, 1.82) is 5.26 Å². The lowest BCUT2D eigenvalue weighted by molar-refractivity contribution is 0.322. The zero-order valence-electron chi connectivity index (χ0n) is 8.85. The lowest BCUT2D eigenvalue weighted by Gasteiger charge is -2.26. The van der Waals surface area contributed by atoms with E-state index in [9.17, 15) is 0 Å². The highest BCUT2D eigenvalue weighted by Crippen LogP contribution is 2.23. The Kier molecular flexibility index (Phi) is 2.84. The van der Waals surface area contributed by atoms with Crippen molar-refractivity contribution in [2.45, 2.75) is 12.5 Å². The number of nitrogens with zero attached hydrogens (tertiary/aromatic N) is 2. The summed E-state index contributed by atoms with van der Waals surface area (Å²) in [7, 11) is 1.99. The van der Waals surface area contributed by atoms with Gasteiger partial charge in [0, 0.05) is 6.54 Å². The molecule has 76 valence electrons. The number of hydrogen-bond acceptors (Lipinski definition) is 2. The minimum Gasteiger partial charge on any atom is -0.288 e. The minimum atomic E-state index is -0.0750. The maximum absolute atomic E-state index is 8.99. The van der Waals surface area contributed by atoms with Crippen molar-refractivity contribution in [2.75, 3.05) is 13.6 Å². The molecule has 0 aliphatic carbocycles. The lowest BCUT2D eigenvalue weighted by Crippen LogP contribution is -2.33. The highest BCUT2D eigenvalue weighted by molar-refractivity contribution is 5.67. The Bertz CT molecular complexity index is 400. The van der Waals surface area contributed by atoms with Gasteiger partial charge in [0.1, 0.15) is 6.04 Å². The molecule has 0 bridgehead atoms. The van der Waals surface area contributed by atoms with E-state index in [-0.39, 0.29) is 6.04 Å². The van der Waals surface area contributed by atoms with Crippen LogP contribution in [0.4, 0.5) is 0 Å². The van der Waals surface area contributed by atoms with Gasteiger partial charge in [-0.05, 0) is 30.7 Å². The second-order valence-electron chi connectivity index (χ2n) is 3.86. The van der Waals surface area contributed by atoms with Gasteiger partial charge in [-0.25, -0.2) is 0 Å². The van der Waals surface area contributed by atoms with Crippen molar-refractivity contribution in [3.8, 4) is 6.07 Å². The van der Waals surface area contributed by atoms with Crippen molar-refractivity contribution >= 4 is 5.57 Å². The average Bonchev–Trinajstić information content (AvgIpc) is 2.31. The molecule has 0 unspecified atom stereocenters. The Morgan fingerprint density at radius 3 is 2.73 bits per heavy atom. The van der Waals surface area contributed by atoms with Crippen LogP contribution >= 0.6 is 0 Å². The van der Waals surface area contributed by atoms with E-state index < -0.39 is 0 Å². The minimum absolute atomic E-state index is 0.0750. The maximum atomic E-state index is 8.99. The van der Waals surface area contributed by atoms with Gasteiger partial charge in [-0.1, -0.05) is 30.3 Å². The predicted molar refractivity (Wildman–Crippen MR) is 61.1 cm³/mol. The molecular weight excluding hydrogens is 184 g/mol. The van der Waals surface area contributed by atoms with Crippen LogP contribution in [0.25, 0.3) is 5.57 Å². The molecule has 0 radical (unpaired) electrons. The number of nitriles is 1. The molecule has 0 saturated heterocycles. The first-order chi connectivity index (χ1) is 7.31. The molecule has 0 fully saturated rings. The van der Waals surface area contributed by atoms with E-state index in [0.717, 1.165) is 13.0 Å². The summed E-state index contributed by atoms with van der Waals surface area (Å²) >= 11 is 0. The molecule has 2 nitrogen and oxygen atoms in total. The molecule has 1 heterocycles. The van der Waals surface area contributed by atoms with Crippen molar-refractivity contribution < 1.29 is 0 Å². The van der Waals surface area contributed by atoms with Crippen molar-refractivity contribution in [1.82, 2.24) is 4.90 Å². The predicted octanol–water partition coefficient (Wildman–Crippen LogP) is 2.30. The van der Waals surface area contributed by atoms with Crippen molar-refractivity contribution in [2.24, 2.45) is 0 Å². The third-order valence-corrected chi connectivity index (χ3v) is 2.84. The first kappa shape index (κ1) is 9.95. The van der Waals surface area contributed by atoms with E-state index in [1.165, 1.54) is 11.1 Å². The fraction of sp³-hybridized carbons (Fsp3) is 0.308. The van der Waals surface area contributed by atoms with Crippen LogP contribution in [0.5, 0.6) is 0 Å². The summed E-state index contributed by atoms with van der Waals surface area (Å²) in [6, 6.07) is 12.5. The Hall–Kier alpha value is -1.59. The Morgan fingerprint density at radius 2 is 2.07 bits per heavy atom. The fourth-order valence-corrected chi connectivity index (χ4v) is 1.87. The van der Waals surface area contributed by atoms with E-state index in [2.05, 4.69) is 29.2 Å². The molecule has 1 aliphatic rings. The summed E-state index contributed by atoms with van der Waals surface area (Å²) in [6.45, 7) is 0.957. The normalized spacial score (nSPS) is 21.9. The monoisotopic (exact) mass is 198 g/mol. The van der Waals surface area contributed by atoms with E-state index >= 15 is 0 Å². The zero-order chi connectivity index (χ0) is 10.7. The number of benzene rings is 1. The van der Waals surface area contributed by atoms with Crippen LogP contribution in [0, 0.1) is 11.3 Å². The van der Waals surface area contributed by atoms with Gasteiger partial charge in [-0.15, -0.1) is 0 Å². The van der Waals surface area contributed by atoms with Crippen LogP contribution in [0.2, 0.25) is 0 Å². The van der Waals surface area contributed by atoms with Crippen LogP contribution in [0.15, 0.2) is 36.4 Å². The topological polar surface area (TPSA) is 27.0 Å². The van der Waals surface area contributed by atoms with E-state index in [4.69, 9.17) is 5.26 Å². The lowest BCUT2D eigenvalue weighted by atomic mass is 9.97. The highest BCUT2D eigenvalue weighted by atomic mass is 15.1. The Morgan fingerprint density at radius 1 is 1.33 bits per heavy atom. The quantitative estimate of drug-likeness (QED) is 0.692. The molecule has 1 atom stereocenters. The molecule has 1 aromatic rings. The number of hydrogen-bond donors (Lipinski definition) is 0. The molecule has 1 aromatic carbocycles. The second kappa shape index (κ2) is 4.29. The van der Waals surface area contributed by atoms with Crippen LogP contribution in [0.1, 0.15) is 12.0 Å². The molecule has 1 aliphatic heterocycles. The fourth-order valence-electron chi connectivity index (χ4n) is 1.87. The van der Waals surface area contributed by atoms with Gasteiger partial charge in [0.25, 0.3) is 0 Å². The third kappa shape index (κ3) is 2.08. The molecule has 0 saturated carbocycles. The largest absolute Gasteiger partial charge is 0.288 e. The van der Waals surface area contributed by atoms with Crippen molar-refractivity contribution in [3.05, 3.63) is 42.0 Å². The molecule has 0 aromatic heterocycles. The van der Waals surface area contributed by atoms with Gasteiger partial charge in [0.2, 0.25) is 0 Å². The average molecular weight is 198 g/mol. The molecule has 0 N–H and O–H groups in total. The van der Waals surface area contributed by atoms with Crippen LogP contribution in [0.3, 0.4) is 0 Å². The van der Waals surface area contributed by atoms with E-state index in [1.54, 1.807) is 0 Å². The summed E-state index contributed by atoms with van der Waals surface area (Å²) in [5.74, 6) is 0. The summed E-state index contributed by atoms with van der Waals surface area (Å²) in [6.07, 6.45) is 3.09. The number of rotatable bonds is 1. The van der Waals surface area contributed by atoms with E-state index in [0.29, 0.717) is 0 Å². The smallest absolute Gasteiger partial charge is 0.117 e. The van der Waals surface area contributed by atoms with Gasteiger partial charge in [-0.3, -0.25) is 4.90 Å². The molecule has 2 heteroatoms. The first-order valence-electron chi connectivity index (χ1n) is 5.17. The van der Waals surface area contributed by atoms with Gasteiger partial charge in [-0.2, -0.15) is 5.26 Å². The summed E-state index contributed by atoms with van der Waals surface area (Å²) in [5.41, 5.74) is 2.53. The summed E-state index contributed by atoms with van der Waals surface area (Å²) in [4.78, 5) is 2.08.